The minimum Gasteiger partial charge on any atom is -0.457 e. The van der Waals surface area contributed by atoms with Gasteiger partial charge in [0.15, 0.2) is 0 Å². The van der Waals surface area contributed by atoms with Crippen molar-refractivity contribution >= 4 is 35.4 Å². The van der Waals surface area contributed by atoms with E-state index in [1.54, 1.807) is 88.4 Å². The van der Waals surface area contributed by atoms with Crippen LogP contribution in [0.3, 0.4) is 0 Å². The highest BCUT2D eigenvalue weighted by Crippen LogP contribution is 2.32. The van der Waals surface area contributed by atoms with Crippen LogP contribution >= 0.6 is 0 Å². The second-order valence-electron chi connectivity index (χ2n) is 8.53. The first-order valence-corrected chi connectivity index (χ1v) is 12.0. The van der Waals surface area contributed by atoms with Gasteiger partial charge in [-0.3, -0.25) is 15.4 Å². The molecule has 0 unspecified atom stereocenters. The Morgan fingerprint density at radius 3 is 1.82 bits per heavy atom. The van der Waals surface area contributed by atoms with Crippen LogP contribution in [-0.2, 0) is 9.47 Å². The van der Waals surface area contributed by atoms with Crippen molar-refractivity contribution in [1.82, 2.24) is 10.6 Å². The zero-order valence-corrected chi connectivity index (χ0v) is 21.6. The van der Waals surface area contributed by atoms with E-state index in [9.17, 15) is 14.4 Å². The van der Waals surface area contributed by atoms with E-state index in [2.05, 4.69) is 20.9 Å². The lowest BCUT2D eigenvalue weighted by atomic mass is 10.2. The van der Waals surface area contributed by atoms with Crippen LogP contribution in [0.15, 0.2) is 83.9 Å². The first-order chi connectivity index (χ1) is 18.2. The summed E-state index contributed by atoms with van der Waals surface area (Å²) >= 11 is 0. The number of para-hydroxylation sites is 1. The van der Waals surface area contributed by atoms with Crippen molar-refractivity contribution in [2.45, 2.75) is 39.9 Å². The monoisotopic (exact) mass is 518 g/mol. The highest BCUT2D eigenvalue weighted by molar-refractivity contribution is 6.07. The first kappa shape index (κ1) is 27.7. The van der Waals surface area contributed by atoms with Gasteiger partial charge in [0, 0.05) is 11.6 Å². The molecule has 0 saturated carbocycles. The van der Waals surface area contributed by atoms with Crippen LogP contribution in [0.4, 0.5) is 21.0 Å². The first-order valence-electron chi connectivity index (χ1n) is 12.0. The van der Waals surface area contributed by atoms with E-state index < -0.39 is 24.4 Å². The highest BCUT2D eigenvalue weighted by atomic mass is 16.6. The Hall–Kier alpha value is -4.86. The van der Waals surface area contributed by atoms with Crippen LogP contribution in [0.2, 0.25) is 0 Å². The van der Waals surface area contributed by atoms with E-state index in [0.717, 1.165) is 0 Å². The minimum atomic E-state index is -0.831. The van der Waals surface area contributed by atoms with Crippen LogP contribution in [0.5, 0.6) is 11.5 Å². The highest BCUT2D eigenvalue weighted by Gasteiger charge is 2.17. The molecule has 0 fully saturated rings. The number of hydrogen-bond acceptors (Lipinski definition) is 7. The topological polar surface area (TPSA) is 127 Å². The molecule has 0 atom stereocenters. The number of nitrogens with zero attached hydrogens (tertiary/aromatic N) is 1. The van der Waals surface area contributed by atoms with Gasteiger partial charge in [0.1, 0.15) is 11.5 Å². The average molecular weight is 519 g/mol. The van der Waals surface area contributed by atoms with Gasteiger partial charge in [-0.25, -0.2) is 14.6 Å². The molecule has 0 bridgehead atoms. The Morgan fingerprint density at radius 1 is 0.711 bits per heavy atom. The van der Waals surface area contributed by atoms with E-state index >= 15 is 0 Å². The fraction of sp³-hybridized carbons (Fsp3) is 0.214. The van der Waals surface area contributed by atoms with Gasteiger partial charge >= 0.3 is 12.2 Å². The largest absolute Gasteiger partial charge is 0.457 e. The van der Waals surface area contributed by atoms with Gasteiger partial charge in [-0.2, -0.15) is 0 Å². The molecule has 3 aromatic rings. The fourth-order valence-electron chi connectivity index (χ4n) is 3.07. The molecular formula is C28H30N4O6. The molecule has 0 aromatic heterocycles. The number of benzene rings is 3. The summed E-state index contributed by atoms with van der Waals surface area (Å²) in [5, 5.41) is 7.62. The van der Waals surface area contributed by atoms with Gasteiger partial charge in [0.2, 0.25) is 5.96 Å². The van der Waals surface area contributed by atoms with Crippen LogP contribution in [0, 0.1) is 0 Å². The van der Waals surface area contributed by atoms with Gasteiger partial charge in [-0.05, 0) is 64.1 Å². The number of alkyl carbamates (subject to hydrolysis) is 2. The van der Waals surface area contributed by atoms with Gasteiger partial charge < -0.3 is 19.5 Å². The SMILES string of the molecule is CC(C)OC(=O)NC(=Nc1ccc(Oc2ccccc2)cc1NC(=O)c1ccccc1)NC(=O)OC(C)C. The molecule has 0 heterocycles. The molecule has 0 spiro atoms. The lowest BCUT2D eigenvalue weighted by molar-refractivity contribution is 0.102. The molecule has 3 amide bonds. The Bertz CT molecular complexity index is 1250. The van der Waals surface area contributed by atoms with Crippen molar-refractivity contribution in [2.24, 2.45) is 4.99 Å². The molecular weight excluding hydrogens is 488 g/mol. The Balaban J connectivity index is 1.98. The number of amides is 3. The molecule has 3 aromatic carbocycles. The Labute approximate surface area is 221 Å². The maximum Gasteiger partial charge on any atom is 0.414 e. The van der Waals surface area contributed by atoms with Crippen molar-refractivity contribution in [2.75, 3.05) is 5.32 Å². The normalized spacial score (nSPS) is 10.4. The minimum absolute atomic E-state index is 0.222. The van der Waals surface area contributed by atoms with E-state index in [1.165, 1.54) is 0 Å². The Kier molecular flexibility index (Phi) is 9.81. The fourth-order valence-corrected chi connectivity index (χ4v) is 3.07. The summed E-state index contributed by atoms with van der Waals surface area (Å²) in [6.45, 7) is 6.72. The predicted molar refractivity (Wildman–Crippen MR) is 144 cm³/mol. The molecule has 3 rings (SSSR count). The maximum atomic E-state index is 12.9. The molecule has 10 nitrogen and oxygen atoms in total. The number of nitrogens with one attached hydrogen (secondary N) is 3. The summed E-state index contributed by atoms with van der Waals surface area (Å²) in [5.74, 6) is 0.383. The van der Waals surface area contributed by atoms with Crippen molar-refractivity contribution in [3.63, 3.8) is 0 Å². The summed E-state index contributed by atoms with van der Waals surface area (Å²) < 4.78 is 16.1. The smallest absolute Gasteiger partial charge is 0.414 e. The summed E-state index contributed by atoms with van der Waals surface area (Å²) in [6, 6.07) is 22.6. The van der Waals surface area contributed by atoms with Crippen LogP contribution in [0.25, 0.3) is 0 Å². The lowest BCUT2D eigenvalue weighted by Gasteiger charge is -2.15. The molecule has 3 N–H and O–H groups in total. The molecule has 0 aliphatic rings. The average Bonchev–Trinajstić information content (AvgIpc) is 2.85. The van der Waals surface area contributed by atoms with Crippen LogP contribution in [-0.4, -0.2) is 36.3 Å². The third-order valence-electron chi connectivity index (χ3n) is 4.59. The second-order valence-corrected chi connectivity index (χ2v) is 8.53. The third-order valence-corrected chi connectivity index (χ3v) is 4.59. The number of ether oxygens (including phenoxy) is 3. The number of hydrogen-bond donors (Lipinski definition) is 3. The second kappa shape index (κ2) is 13.4. The third kappa shape index (κ3) is 8.98. The van der Waals surface area contributed by atoms with Gasteiger partial charge in [0.25, 0.3) is 5.91 Å². The van der Waals surface area contributed by atoms with Crippen molar-refractivity contribution in [1.29, 1.82) is 0 Å². The van der Waals surface area contributed by atoms with E-state index in [0.29, 0.717) is 17.1 Å². The van der Waals surface area contributed by atoms with E-state index in [4.69, 9.17) is 14.2 Å². The number of guanidine groups is 1. The van der Waals surface area contributed by atoms with Crippen LogP contribution in [0.1, 0.15) is 38.1 Å². The zero-order valence-electron chi connectivity index (χ0n) is 21.6. The van der Waals surface area contributed by atoms with Gasteiger partial charge in [-0.1, -0.05) is 36.4 Å². The predicted octanol–water partition coefficient (Wildman–Crippen LogP) is 5.99. The quantitative estimate of drug-likeness (QED) is 0.260. The van der Waals surface area contributed by atoms with Gasteiger partial charge in [0.05, 0.1) is 23.6 Å². The lowest BCUT2D eigenvalue weighted by Crippen LogP contribution is -2.45. The van der Waals surface area contributed by atoms with Gasteiger partial charge in [-0.15, -0.1) is 0 Å². The summed E-state index contributed by atoms with van der Waals surface area (Å²) in [4.78, 5) is 41.8. The van der Waals surface area contributed by atoms with Crippen molar-refractivity contribution in [3.05, 3.63) is 84.4 Å². The standard InChI is InChI=1S/C28H30N4O6/c1-18(2)36-27(34)31-26(32-28(35)37-19(3)4)30-23-16-15-22(38-21-13-9-6-10-14-21)17-24(23)29-25(33)20-11-7-5-8-12-20/h5-19H,1-4H3,(H,29,33)(H2,30,31,32,34,35). The molecule has 0 aliphatic heterocycles. The Morgan fingerprint density at radius 2 is 1.26 bits per heavy atom. The maximum absolute atomic E-state index is 12.9. The number of carbonyl (C=O) groups excluding carboxylic acids is 3. The molecule has 0 saturated heterocycles. The molecule has 0 radical (unpaired) electrons. The molecule has 38 heavy (non-hydrogen) atoms. The van der Waals surface area contributed by atoms with Crippen LogP contribution < -0.4 is 20.7 Å². The molecule has 0 aliphatic carbocycles. The summed E-state index contributed by atoms with van der Waals surface area (Å²) in [7, 11) is 0. The number of anilines is 1. The number of rotatable bonds is 7. The van der Waals surface area contributed by atoms with Crippen molar-refractivity contribution in [3.8, 4) is 11.5 Å². The molecule has 10 heteroatoms. The number of carbonyl (C=O) groups is 3. The summed E-state index contributed by atoms with van der Waals surface area (Å²) in [6.07, 6.45) is -2.48. The zero-order chi connectivity index (χ0) is 27.5. The molecule has 198 valence electrons. The van der Waals surface area contributed by atoms with E-state index in [1.807, 2.05) is 18.2 Å². The summed E-state index contributed by atoms with van der Waals surface area (Å²) in [5.41, 5.74) is 0.913. The number of aliphatic imine (C=N–C) groups is 1. The van der Waals surface area contributed by atoms with Crippen molar-refractivity contribution < 1.29 is 28.6 Å². The van der Waals surface area contributed by atoms with E-state index in [-0.39, 0.29) is 23.2 Å².